The lowest BCUT2D eigenvalue weighted by Crippen LogP contribution is -2.17. The summed E-state index contributed by atoms with van der Waals surface area (Å²) in [5, 5.41) is 5.52. The van der Waals surface area contributed by atoms with E-state index >= 15 is 0 Å². The van der Waals surface area contributed by atoms with Crippen molar-refractivity contribution in [1.29, 1.82) is 0 Å². The zero-order valence-corrected chi connectivity index (χ0v) is 14.0. The van der Waals surface area contributed by atoms with Crippen LogP contribution in [-0.4, -0.2) is 18.6 Å². The molecule has 0 radical (unpaired) electrons. The van der Waals surface area contributed by atoms with Crippen molar-refractivity contribution >= 4 is 33.9 Å². The molecular formula is C14H17IN2OS. The minimum Gasteiger partial charge on any atom is -0.492 e. The van der Waals surface area contributed by atoms with Gasteiger partial charge in [-0.2, -0.15) is 0 Å². The Bertz CT molecular complexity index is 530. The Morgan fingerprint density at radius 2 is 2.21 bits per heavy atom. The summed E-state index contributed by atoms with van der Waals surface area (Å²) in [6.45, 7) is 2.83. The van der Waals surface area contributed by atoms with Gasteiger partial charge in [0.15, 0.2) is 0 Å². The molecule has 0 aromatic carbocycles. The Labute approximate surface area is 131 Å². The lowest BCUT2D eigenvalue weighted by Gasteiger charge is -2.16. The van der Waals surface area contributed by atoms with Crippen LogP contribution in [0.15, 0.2) is 29.9 Å². The summed E-state index contributed by atoms with van der Waals surface area (Å²) in [5.41, 5.74) is 2.40. The predicted molar refractivity (Wildman–Crippen MR) is 88.0 cm³/mol. The fraction of sp³-hybridized carbons (Fsp3) is 0.357. The lowest BCUT2D eigenvalue weighted by atomic mass is 10.0. The van der Waals surface area contributed by atoms with Crippen LogP contribution < -0.4 is 10.1 Å². The maximum atomic E-state index is 5.64. The summed E-state index contributed by atoms with van der Waals surface area (Å²) in [6.07, 6.45) is 4.66. The largest absolute Gasteiger partial charge is 0.492 e. The minimum absolute atomic E-state index is 0.164. The molecule has 0 saturated carbocycles. The zero-order chi connectivity index (χ0) is 13.7. The summed E-state index contributed by atoms with van der Waals surface area (Å²) >= 11 is 4.10. The molecule has 5 heteroatoms. The van der Waals surface area contributed by atoms with Gasteiger partial charge in [0.2, 0.25) is 0 Å². The second-order valence-corrected chi connectivity index (χ2v) is 7.01. The van der Waals surface area contributed by atoms with E-state index in [0.717, 1.165) is 24.3 Å². The van der Waals surface area contributed by atoms with E-state index in [1.807, 2.05) is 13.2 Å². The molecule has 19 heavy (non-hydrogen) atoms. The van der Waals surface area contributed by atoms with E-state index in [9.17, 15) is 0 Å². The number of hydrogen-bond donors (Lipinski definition) is 1. The van der Waals surface area contributed by atoms with E-state index in [0.29, 0.717) is 0 Å². The number of rotatable bonds is 6. The molecule has 0 aliphatic carbocycles. The molecule has 2 heterocycles. The van der Waals surface area contributed by atoms with Gasteiger partial charge in [-0.1, -0.05) is 6.92 Å². The van der Waals surface area contributed by atoms with Crippen molar-refractivity contribution in [1.82, 2.24) is 10.3 Å². The van der Waals surface area contributed by atoms with E-state index in [1.54, 1.807) is 17.5 Å². The van der Waals surface area contributed by atoms with Crippen molar-refractivity contribution in [2.75, 3.05) is 13.7 Å². The average Bonchev–Trinajstić information content (AvgIpc) is 2.84. The molecule has 3 nitrogen and oxygen atoms in total. The quantitative estimate of drug-likeness (QED) is 0.764. The minimum atomic E-state index is 0.164. The van der Waals surface area contributed by atoms with Crippen molar-refractivity contribution in [3.8, 4) is 5.75 Å². The third kappa shape index (κ3) is 3.90. The number of pyridine rings is 1. The van der Waals surface area contributed by atoms with E-state index in [2.05, 4.69) is 57.3 Å². The number of ether oxygens (including phenoxy) is 1. The highest BCUT2D eigenvalue weighted by Gasteiger charge is 2.14. The average molecular weight is 388 g/mol. The first-order valence-corrected chi connectivity index (χ1v) is 8.19. The van der Waals surface area contributed by atoms with Crippen molar-refractivity contribution in [2.45, 2.75) is 19.4 Å². The van der Waals surface area contributed by atoms with E-state index in [-0.39, 0.29) is 6.04 Å². The summed E-state index contributed by atoms with van der Waals surface area (Å²) in [5.74, 6) is 0.838. The molecule has 1 N–H and O–H groups in total. The van der Waals surface area contributed by atoms with Crippen molar-refractivity contribution in [3.63, 3.8) is 0 Å². The summed E-state index contributed by atoms with van der Waals surface area (Å²) in [6, 6.07) is 4.43. The highest BCUT2D eigenvalue weighted by molar-refractivity contribution is 14.1. The van der Waals surface area contributed by atoms with Crippen LogP contribution in [0.2, 0.25) is 0 Å². The second-order valence-electron chi connectivity index (χ2n) is 4.21. The van der Waals surface area contributed by atoms with E-state index < -0.39 is 0 Å². The number of nitrogens with zero attached hydrogens (tertiary/aromatic N) is 1. The first-order chi connectivity index (χ1) is 9.24. The van der Waals surface area contributed by atoms with Crippen LogP contribution in [0.5, 0.6) is 5.75 Å². The summed E-state index contributed by atoms with van der Waals surface area (Å²) in [4.78, 5) is 4.28. The molecule has 1 unspecified atom stereocenters. The van der Waals surface area contributed by atoms with Crippen molar-refractivity contribution in [2.24, 2.45) is 0 Å². The highest BCUT2D eigenvalue weighted by Crippen LogP contribution is 2.28. The molecule has 2 aromatic rings. The van der Waals surface area contributed by atoms with Crippen LogP contribution in [0.25, 0.3) is 0 Å². The third-order valence-corrected chi connectivity index (χ3v) is 4.56. The molecule has 0 saturated heterocycles. The molecule has 0 aliphatic rings. The topological polar surface area (TPSA) is 34.1 Å². The third-order valence-electron chi connectivity index (χ3n) is 2.75. The van der Waals surface area contributed by atoms with Gasteiger partial charge in [0, 0.05) is 6.20 Å². The second kappa shape index (κ2) is 7.21. The maximum absolute atomic E-state index is 5.64. The van der Waals surface area contributed by atoms with Crippen LogP contribution in [0.3, 0.4) is 0 Å². The number of aromatic nitrogens is 1. The first-order valence-electron chi connectivity index (χ1n) is 6.23. The fourth-order valence-corrected chi connectivity index (χ4v) is 3.29. The normalized spacial score (nSPS) is 12.4. The van der Waals surface area contributed by atoms with Crippen LogP contribution in [0, 0.1) is 2.88 Å². The van der Waals surface area contributed by atoms with Crippen molar-refractivity contribution < 1.29 is 4.74 Å². The van der Waals surface area contributed by atoms with Gasteiger partial charge in [0.25, 0.3) is 0 Å². The van der Waals surface area contributed by atoms with Gasteiger partial charge in [-0.25, -0.2) is 0 Å². The Morgan fingerprint density at radius 3 is 2.84 bits per heavy atom. The molecule has 0 aliphatic heterocycles. The molecule has 0 amide bonds. The van der Waals surface area contributed by atoms with Gasteiger partial charge in [0.05, 0.1) is 21.7 Å². The van der Waals surface area contributed by atoms with Crippen LogP contribution in [-0.2, 0) is 0 Å². The van der Waals surface area contributed by atoms with E-state index in [1.165, 1.54) is 8.45 Å². The van der Waals surface area contributed by atoms with Gasteiger partial charge in [-0.15, -0.1) is 11.3 Å². The Kier molecular flexibility index (Phi) is 5.59. The molecule has 2 rings (SSSR count). The SMILES string of the molecule is CCCOc1cncc(C(NC)c2csc(I)c2)c1. The molecular weight excluding hydrogens is 371 g/mol. The fourth-order valence-electron chi connectivity index (χ4n) is 1.89. The molecule has 0 spiro atoms. The molecule has 102 valence electrons. The van der Waals surface area contributed by atoms with Gasteiger partial charge >= 0.3 is 0 Å². The zero-order valence-electron chi connectivity index (χ0n) is 11.0. The van der Waals surface area contributed by atoms with Gasteiger partial charge < -0.3 is 10.1 Å². The Balaban J connectivity index is 2.23. The lowest BCUT2D eigenvalue weighted by molar-refractivity contribution is 0.315. The molecule has 1 atom stereocenters. The Hall–Kier alpha value is -0.660. The summed E-state index contributed by atoms with van der Waals surface area (Å²) < 4.78 is 6.93. The molecule has 0 bridgehead atoms. The van der Waals surface area contributed by atoms with Crippen LogP contribution >= 0.6 is 33.9 Å². The molecule has 2 aromatic heterocycles. The number of thiophene rings is 1. The number of nitrogens with one attached hydrogen (secondary N) is 1. The van der Waals surface area contributed by atoms with Gasteiger partial charge in [-0.3, -0.25) is 4.98 Å². The van der Waals surface area contributed by atoms with E-state index in [4.69, 9.17) is 4.74 Å². The first kappa shape index (κ1) is 14.7. The van der Waals surface area contributed by atoms with Crippen LogP contribution in [0.4, 0.5) is 0 Å². The van der Waals surface area contributed by atoms with Crippen LogP contribution in [0.1, 0.15) is 30.5 Å². The monoisotopic (exact) mass is 388 g/mol. The van der Waals surface area contributed by atoms with Crippen molar-refractivity contribution in [3.05, 3.63) is 43.9 Å². The van der Waals surface area contributed by atoms with Gasteiger partial charge in [-0.05, 0) is 64.7 Å². The predicted octanol–water partition coefficient (Wildman–Crippen LogP) is 3.85. The molecule has 0 fully saturated rings. The smallest absolute Gasteiger partial charge is 0.137 e. The number of hydrogen-bond acceptors (Lipinski definition) is 4. The summed E-state index contributed by atoms with van der Waals surface area (Å²) in [7, 11) is 1.97. The maximum Gasteiger partial charge on any atom is 0.137 e. The van der Waals surface area contributed by atoms with Gasteiger partial charge in [0.1, 0.15) is 5.75 Å². The standard InChI is InChI=1S/C14H17IN2OS/c1-3-4-18-12-5-10(7-17-8-12)14(16-2)11-6-13(15)19-9-11/h5-9,14,16H,3-4H2,1-2H3. The number of halogens is 1. The Morgan fingerprint density at radius 1 is 1.37 bits per heavy atom. The highest BCUT2D eigenvalue weighted by atomic mass is 127.